The van der Waals surface area contributed by atoms with Gasteiger partial charge in [0.2, 0.25) is 0 Å². The number of fused-ring (bicyclic) bond motifs is 1. The average molecular weight is 442 g/mol. The number of thiophene rings is 1. The Hall–Kier alpha value is -3.27. The van der Waals surface area contributed by atoms with Crippen LogP contribution in [0.4, 0.5) is 4.79 Å². The molecule has 0 aliphatic heterocycles. The number of nitrogens with one attached hydrogen (secondary N) is 2. The maximum Gasteiger partial charge on any atom is 0.339 e. The van der Waals surface area contributed by atoms with Crippen LogP contribution in [0.3, 0.4) is 0 Å². The maximum absolute atomic E-state index is 12.8. The first kappa shape index (κ1) is 21.0. The van der Waals surface area contributed by atoms with Crippen molar-refractivity contribution in [3.8, 4) is 10.6 Å². The molecule has 162 valence electrons. The summed E-state index contributed by atoms with van der Waals surface area (Å²) >= 11 is 1.51. The molecule has 2 N–H and O–H groups in total. The molecule has 1 aliphatic carbocycles. The van der Waals surface area contributed by atoms with E-state index >= 15 is 0 Å². The van der Waals surface area contributed by atoms with E-state index in [0.717, 1.165) is 30.6 Å². The molecule has 0 radical (unpaired) electrons. The summed E-state index contributed by atoms with van der Waals surface area (Å²) in [6.45, 7) is 1.97. The SMILES string of the molecule is CCn1ncc2c(C(=O)OCC(=O)NC(=O)NC3CCCC3)cc(-c3cccs3)nc21. The summed E-state index contributed by atoms with van der Waals surface area (Å²) in [5, 5.41) is 11.7. The molecule has 0 saturated heterocycles. The largest absolute Gasteiger partial charge is 0.452 e. The molecule has 3 heterocycles. The molecule has 1 fully saturated rings. The molecular weight excluding hydrogens is 418 g/mol. The van der Waals surface area contributed by atoms with Crippen molar-refractivity contribution in [3.63, 3.8) is 0 Å². The Labute approximate surface area is 182 Å². The number of hydrogen-bond acceptors (Lipinski definition) is 7. The first-order valence-corrected chi connectivity index (χ1v) is 11.1. The maximum atomic E-state index is 12.8. The predicted octanol–water partition coefficient (Wildman–Crippen LogP) is 3.10. The zero-order valence-corrected chi connectivity index (χ0v) is 17.9. The van der Waals surface area contributed by atoms with E-state index in [2.05, 4.69) is 20.7 Å². The van der Waals surface area contributed by atoms with Gasteiger partial charge >= 0.3 is 12.0 Å². The van der Waals surface area contributed by atoms with Gasteiger partial charge in [-0.15, -0.1) is 11.3 Å². The number of carbonyl (C=O) groups excluding carboxylic acids is 3. The third kappa shape index (κ3) is 4.74. The van der Waals surface area contributed by atoms with Crippen LogP contribution in [0.2, 0.25) is 0 Å². The molecule has 3 aromatic heterocycles. The number of aromatic nitrogens is 3. The number of hydrogen-bond donors (Lipinski definition) is 2. The fourth-order valence-corrected chi connectivity index (χ4v) is 4.35. The van der Waals surface area contributed by atoms with Crippen LogP contribution in [-0.4, -0.2) is 45.3 Å². The normalized spacial score (nSPS) is 14.0. The van der Waals surface area contributed by atoms with Crippen LogP contribution in [0, 0.1) is 0 Å². The third-order valence-corrected chi connectivity index (χ3v) is 6.07. The summed E-state index contributed by atoms with van der Waals surface area (Å²) < 4.78 is 6.89. The predicted molar refractivity (Wildman–Crippen MR) is 116 cm³/mol. The summed E-state index contributed by atoms with van der Waals surface area (Å²) in [4.78, 5) is 42.3. The molecule has 0 bridgehead atoms. The van der Waals surface area contributed by atoms with E-state index in [1.54, 1.807) is 16.9 Å². The van der Waals surface area contributed by atoms with Gasteiger partial charge in [0.25, 0.3) is 5.91 Å². The van der Waals surface area contributed by atoms with Gasteiger partial charge in [0.15, 0.2) is 12.3 Å². The van der Waals surface area contributed by atoms with Crippen LogP contribution < -0.4 is 10.6 Å². The van der Waals surface area contributed by atoms with Crippen molar-refractivity contribution in [2.24, 2.45) is 0 Å². The summed E-state index contributed by atoms with van der Waals surface area (Å²) in [7, 11) is 0. The van der Waals surface area contributed by atoms with Crippen LogP contribution >= 0.6 is 11.3 Å². The first-order valence-electron chi connectivity index (χ1n) is 10.2. The van der Waals surface area contributed by atoms with E-state index in [9.17, 15) is 14.4 Å². The average Bonchev–Trinajstić information content (AvgIpc) is 3.52. The van der Waals surface area contributed by atoms with Crippen LogP contribution in [0.1, 0.15) is 43.0 Å². The number of urea groups is 1. The molecule has 0 unspecified atom stereocenters. The Kier molecular flexibility index (Phi) is 6.26. The van der Waals surface area contributed by atoms with Gasteiger partial charge in [0, 0.05) is 12.6 Å². The lowest BCUT2D eigenvalue weighted by Crippen LogP contribution is -2.45. The summed E-state index contributed by atoms with van der Waals surface area (Å²) in [5.41, 5.74) is 1.47. The highest BCUT2D eigenvalue weighted by Crippen LogP contribution is 2.28. The molecule has 0 atom stereocenters. The van der Waals surface area contributed by atoms with Crippen LogP contribution in [0.25, 0.3) is 21.6 Å². The van der Waals surface area contributed by atoms with Crippen molar-refractivity contribution in [2.75, 3.05) is 6.61 Å². The van der Waals surface area contributed by atoms with Gasteiger partial charge in [0.05, 0.1) is 27.7 Å². The molecule has 10 heteroatoms. The minimum atomic E-state index is -0.683. The van der Waals surface area contributed by atoms with Crippen molar-refractivity contribution in [1.29, 1.82) is 0 Å². The van der Waals surface area contributed by atoms with Crippen molar-refractivity contribution < 1.29 is 19.1 Å². The zero-order chi connectivity index (χ0) is 21.8. The Balaban J connectivity index is 1.46. The van der Waals surface area contributed by atoms with Crippen molar-refractivity contribution in [3.05, 3.63) is 35.3 Å². The van der Waals surface area contributed by atoms with E-state index < -0.39 is 24.5 Å². The number of esters is 1. The smallest absolute Gasteiger partial charge is 0.339 e. The highest BCUT2D eigenvalue weighted by atomic mass is 32.1. The minimum Gasteiger partial charge on any atom is -0.452 e. The number of ether oxygens (including phenoxy) is 1. The van der Waals surface area contributed by atoms with Crippen LogP contribution in [-0.2, 0) is 16.1 Å². The molecule has 3 aromatic rings. The molecule has 4 rings (SSSR count). The fraction of sp³-hybridized carbons (Fsp3) is 0.381. The van der Waals surface area contributed by atoms with E-state index in [1.165, 1.54) is 11.3 Å². The van der Waals surface area contributed by atoms with Gasteiger partial charge in [-0.25, -0.2) is 19.3 Å². The molecular formula is C21H23N5O4S. The van der Waals surface area contributed by atoms with Crippen molar-refractivity contribution in [2.45, 2.75) is 45.2 Å². The van der Waals surface area contributed by atoms with Gasteiger partial charge in [-0.3, -0.25) is 10.1 Å². The highest BCUT2D eigenvalue weighted by Gasteiger charge is 2.21. The molecule has 0 aromatic carbocycles. The second-order valence-electron chi connectivity index (χ2n) is 7.31. The highest BCUT2D eigenvalue weighted by molar-refractivity contribution is 7.13. The number of nitrogens with zero attached hydrogens (tertiary/aromatic N) is 3. The topological polar surface area (TPSA) is 115 Å². The number of amides is 3. The van der Waals surface area contributed by atoms with E-state index in [0.29, 0.717) is 23.3 Å². The molecule has 1 saturated carbocycles. The standard InChI is InChI=1S/C21H23N5O4S/c1-2-26-19-15(11-22-26)14(10-16(24-19)17-8-5-9-31-17)20(28)30-12-18(27)25-21(29)23-13-6-3-4-7-13/h5,8-11,13H,2-4,6-7,12H2,1H3,(H2,23,25,27,29). The molecule has 3 amide bonds. The Morgan fingerprint density at radius 1 is 1.29 bits per heavy atom. The van der Waals surface area contributed by atoms with Gasteiger partial charge in [0.1, 0.15) is 0 Å². The Morgan fingerprint density at radius 3 is 2.81 bits per heavy atom. The monoisotopic (exact) mass is 441 g/mol. The second-order valence-corrected chi connectivity index (χ2v) is 8.26. The second kappa shape index (κ2) is 9.25. The summed E-state index contributed by atoms with van der Waals surface area (Å²) in [6.07, 6.45) is 5.52. The lowest BCUT2D eigenvalue weighted by atomic mass is 10.1. The van der Waals surface area contributed by atoms with E-state index in [4.69, 9.17) is 4.74 Å². The molecule has 9 nitrogen and oxygen atoms in total. The van der Waals surface area contributed by atoms with Crippen LogP contribution in [0.15, 0.2) is 29.8 Å². The van der Waals surface area contributed by atoms with E-state index in [-0.39, 0.29) is 11.6 Å². The molecule has 31 heavy (non-hydrogen) atoms. The fourth-order valence-electron chi connectivity index (χ4n) is 3.66. The number of carbonyl (C=O) groups is 3. The van der Waals surface area contributed by atoms with Gasteiger partial charge in [-0.1, -0.05) is 18.9 Å². The van der Waals surface area contributed by atoms with Gasteiger partial charge < -0.3 is 10.1 Å². The number of pyridine rings is 1. The quantitative estimate of drug-likeness (QED) is 0.568. The Bertz CT molecular complexity index is 1100. The number of rotatable bonds is 6. The zero-order valence-electron chi connectivity index (χ0n) is 17.1. The molecule has 1 aliphatic rings. The Morgan fingerprint density at radius 2 is 2.10 bits per heavy atom. The summed E-state index contributed by atoms with van der Waals surface area (Å²) in [5.74, 6) is -1.36. The van der Waals surface area contributed by atoms with Crippen LogP contribution in [0.5, 0.6) is 0 Å². The van der Waals surface area contributed by atoms with Gasteiger partial charge in [-0.2, -0.15) is 5.10 Å². The summed E-state index contributed by atoms with van der Waals surface area (Å²) in [6, 6.07) is 4.98. The lowest BCUT2D eigenvalue weighted by Gasteiger charge is -2.12. The number of imide groups is 1. The lowest BCUT2D eigenvalue weighted by molar-refractivity contribution is -0.123. The van der Waals surface area contributed by atoms with Crippen molar-refractivity contribution >= 4 is 40.3 Å². The first-order chi connectivity index (χ1) is 15.0. The van der Waals surface area contributed by atoms with Gasteiger partial charge in [-0.05, 0) is 37.3 Å². The number of aryl methyl sites for hydroxylation is 1. The molecule has 0 spiro atoms. The minimum absolute atomic E-state index is 0.0891. The van der Waals surface area contributed by atoms with Crippen molar-refractivity contribution in [1.82, 2.24) is 25.4 Å². The third-order valence-electron chi connectivity index (χ3n) is 5.18. The van der Waals surface area contributed by atoms with E-state index in [1.807, 2.05) is 24.4 Å².